The van der Waals surface area contributed by atoms with Crippen LogP contribution in [-0.4, -0.2) is 25.6 Å². The lowest BCUT2D eigenvalue weighted by atomic mass is 10.1. The van der Waals surface area contributed by atoms with Crippen molar-refractivity contribution in [1.82, 2.24) is 19.5 Å². The van der Waals surface area contributed by atoms with E-state index in [1.54, 1.807) is 0 Å². The number of halogens is 1. The molecular weight excluding hydrogens is 262 g/mol. The van der Waals surface area contributed by atoms with Gasteiger partial charge in [0.25, 0.3) is 0 Å². The van der Waals surface area contributed by atoms with Gasteiger partial charge < -0.3 is 9.88 Å². The van der Waals surface area contributed by atoms with Crippen molar-refractivity contribution in [3.05, 3.63) is 11.6 Å². The minimum atomic E-state index is 0.227. The molecule has 19 heavy (non-hydrogen) atoms. The molecule has 1 N–H and O–H groups in total. The Kier molecular flexibility index (Phi) is 4.24. The van der Waals surface area contributed by atoms with Crippen LogP contribution in [0.1, 0.15) is 34.1 Å². The summed E-state index contributed by atoms with van der Waals surface area (Å²) < 4.78 is 2.09. The summed E-state index contributed by atoms with van der Waals surface area (Å²) in [6.07, 6.45) is 2.90. The fourth-order valence-electron chi connectivity index (χ4n) is 1.89. The number of hydrogen-bond donors (Lipinski definition) is 1. The van der Waals surface area contributed by atoms with Crippen LogP contribution >= 0.6 is 11.6 Å². The molecule has 0 atom stereocenters. The van der Waals surface area contributed by atoms with E-state index in [9.17, 15) is 0 Å². The molecule has 2 aromatic heterocycles. The van der Waals surface area contributed by atoms with E-state index in [0.717, 1.165) is 24.3 Å². The van der Waals surface area contributed by atoms with Crippen LogP contribution in [0.4, 0.5) is 5.82 Å². The molecule has 0 bridgehead atoms. The SMILES string of the molecule is CC(C)CCn1cnc2nc(Cl)nc(NC(C)C)c21. The lowest BCUT2D eigenvalue weighted by Crippen LogP contribution is -2.13. The molecule has 0 unspecified atom stereocenters. The normalized spacial score (nSPS) is 11.7. The second-order valence-electron chi connectivity index (χ2n) is 5.43. The summed E-state index contributed by atoms with van der Waals surface area (Å²) in [4.78, 5) is 12.8. The first-order valence-corrected chi connectivity index (χ1v) is 7.00. The Morgan fingerprint density at radius 2 is 2.00 bits per heavy atom. The molecular formula is C13H20ClN5. The van der Waals surface area contributed by atoms with Gasteiger partial charge >= 0.3 is 0 Å². The second-order valence-corrected chi connectivity index (χ2v) is 5.77. The zero-order chi connectivity index (χ0) is 14.0. The highest BCUT2D eigenvalue weighted by Gasteiger charge is 2.13. The first kappa shape index (κ1) is 14.1. The van der Waals surface area contributed by atoms with Gasteiger partial charge in [0.05, 0.1) is 6.33 Å². The molecule has 6 heteroatoms. The molecule has 104 valence electrons. The number of rotatable bonds is 5. The van der Waals surface area contributed by atoms with E-state index in [0.29, 0.717) is 11.6 Å². The third-order valence-electron chi connectivity index (χ3n) is 2.82. The van der Waals surface area contributed by atoms with Crippen molar-refractivity contribution in [3.63, 3.8) is 0 Å². The van der Waals surface area contributed by atoms with Crippen molar-refractivity contribution in [2.45, 2.75) is 46.7 Å². The monoisotopic (exact) mass is 281 g/mol. The molecule has 0 amide bonds. The highest BCUT2D eigenvalue weighted by atomic mass is 35.5. The number of anilines is 1. The van der Waals surface area contributed by atoms with Crippen LogP contribution in [0.2, 0.25) is 5.28 Å². The van der Waals surface area contributed by atoms with Gasteiger partial charge in [0.1, 0.15) is 5.52 Å². The first-order valence-electron chi connectivity index (χ1n) is 6.62. The fourth-order valence-corrected chi connectivity index (χ4v) is 2.06. The number of fused-ring (bicyclic) bond motifs is 1. The third kappa shape index (κ3) is 3.35. The van der Waals surface area contributed by atoms with Gasteiger partial charge in [-0.3, -0.25) is 0 Å². The Morgan fingerprint density at radius 3 is 2.63 bits per heavy atom. The van der Waals surface area contributed by atoms with Crippen LogP contribution in [0, 0.1) is 5.92 Å². The van der Waals surface area contributed by atoms with Crippen molar-refractivity contribution in [3.8, 4) is 0 Å². The molecule has 0 aliphatic rings. The minimum absolute atomic E-state index is 0.227. The summed E-state index contributed by atoms with van der Waals surface area (Å²) in [5.41, 5.74) is 1.57. The van der Waals surface area contributed by atoms with Gasteiger partial charge in [-0.15, -0.1) is 0 Å². The Labute approximate surface area is 118 Å². The number of aromatic nitrogens is 4. The maximum atomic E-state index is 5.93. The molecule has 0 saturated carbocycles. The van der Waals surface area contributed by atoms with Gasteiger partial charge in [-0.2, -0.15) is 9.97 Å². The van der Waals surface area contributed by atoms with E-state index >= 15 is 0 Å². The Morgan fingerprint density at radius 1 is 1.26 bits per heavy atom. The highest BCUT2D eigenvalue weighted by molar-refractivity contribution is 6.28. The number of imidazole rings is 1. The summed E-state index contributed by atoms with van der Waals surface area (Å²) >= 11 is 5.93. The maximum absolute atomic E-state index is 5.93. The number of aryl methyl sites for hydroxylation is 1. The van der Waals surface area contributed by atoms with E-state index in [1.165, 1.54) is 0 Å². The average Bonchev–Trinajstić information content (AvgIpc) is 2.68. The zero-order valence-electron chi connectivity index (χ0n) is 11.8. The molecule has 0 aliphatic heterocycles. The van der Waals surface area contributed by atoms with Crippen molar-refractivity contribution < 1.29 is 0 Å². The number of hydrogen-bond acceptors (Lipinski definition) is 4. The van der Waals surface area contributed by atoms with Gasteiger partial charge in [-0.05, 0) is 37.8 Å². The molecule has 0 radical (unpaired) electrons. The molecule has 0 fully saturated rings. The van der Waals surface area contributed by atoms with Crippen molar-refractivity contribution in [2.75, 3.05) is 5.32 Å². The summed E-state index contributed by atoms with van der Waals surface area (Å²) in [6.45, 7) is 9.46. The second kappa shape index (κ2) is 5.74. The van der Waals surface area contributed by atoms with Crippen molar-refractivity contribution in [2.24, 2.45) is 5.92 Å². The largest absolute Gasteiger partial charge is 0.366 e. The van der Waals surface area contributed by atoms with Gasteiger partial charge in [-0.1, -0.05) is 13.8 Å². The topological polar surface area (TPSA) is 55.6 Å². The predicted octanol–water partition coefficient (Wildman–Crippen LogP) is 3.35. The summed E-state index contributed by atoms with van der Waals surface area (Å²) in [6, 6.07) is 0.280. The third-order valence-corrected chi connectivity index (χ3v) is 2.99. The first-order chi connectivity index (χ1) is 8.97. The van der Waals surface area contributed by atoms with Crippen molar-refractivity contribution in [1.29, 1.82) is 0 Å². The van der Waals surface area contributed by atoms with Crippen LogP contribution < -0.4 is 5.32 Å². The lowest BCUT2D eigenvalue weighted by molar-refractivity contribution is 0.522. The van der Waals surface area contributed by atoms with E-state index in [2.05, 4.69) is 52.5 Å². The predicted molar refractivity (Wildman–Crippen MR) is 78.5 cm³/mol. The van der Waals surface area contributed by atoms with Gasteiger partial charge in [0.2, 0.25) is 5.28 Å². The van der Waals surface area contributed by atoms with E-state index in [-0.39, 0.29) is 11.3 Å². The molecule has 0 aliphatic carbocycles. The maximum Gasteiger partial charge on any atom is 0.226 e. The molecule has 2 aromatic rings. The standard InChI is InChI=1S/C13H20ClN5/c1-8(2)5-6-19-7-15-11-10(19)12(16-9(3)4)18-13(14)17-11/h7-9H,5-6H2,1-4H3,(H,16,17,18). The summed E-state index contributed by atoms with van der Waals surface area (Å²) in [7, 11) is 0. The van der Waals surface area contributed by atoms with Crippen LogP contribution in [0.3, 0.4) is 0 Å². The smallest absolute Gasteiger partial charge is 0.226 e. The average molecular weight is 282 g/mol. The van der Waals surface area contributed by atoms with E-state index in [4.69, 9.17) is 11.6 Å². The van der Waals surface area contributed by atoms with Crippen LogP contribution in [0.25, 0.3) is 11.2 Å². The Balaban J connectivity index is 2.42. The lowest BCUT2D eigenvalue weighted by Gasteiger charge is -2.13. The van der Waals surface area contributed by atoms with Gasteiger partial charge in [0.15, 0.2) is 11.5 Å². The number of nitrogens with one attached hydrogen (secondary N) is 1. The molecule has 2 heterocycles. The molecule has 0 aromatic carbocycles. The van der Waals surface area contributed by atoms with Gasteiger partial charge in [0, 0.05) is 12.6 Å². The Hall–Kier alpha value is -1.36. The zero-order valence-corrected chi connectivity index (χ0v) is 12.6. The van der Waals surface area contributed by atoms with Crippen LogP contribution in [0.15, 0.2) is 6.33 Å². The minimum Gasteiger partial charge on any atom is -0.366 e. The summed E-state index contributed by atoms with van der Waals surface area (Å²) in [5.74, 6) is 1.40. The molecule has 0 spiro atoms. The summed E-state index contributed by atoms with van der Waals surface area (Å²) in [5, 5.41) is 3.53. The van der Waals surface area contributed by atoms with Crippen LogP contribution in [0.5, 0.6) is 0 Å². The molecule has 2 rings (SSSR count). The van der Waals surface area contributed by atoms with E-state index < -0.39 is 0 Å². The highest BCUT2D eigenvalue weighted by Crippen LogP contribution is 2.22. The molecule has 5 nitrogen and oxygen atoms in total. The number of nitrogens with zero attached hydrogens (tertiary/aromatic N) is 4. The quantitative estimate of drug-likeness (QED) is 0.854. The van der Waals surface area contributed by atoms with E-state index in [1.807, 2.05) is 6.33 Å². The molecule has 0 saturated heterocycles. The fraction of sp³-hybridized carbons (Fsp3) is 0.615. The van der Waals surface area contributed by atoms with Gasteiger partial charge in [-0.25, -0.2) is 4.98 Å². The Bertz CT molecular complexity index is 561. The van der Waals surface area contributed by atoms with Crippen molar-refractivity contribution >= 4 is 28.6 Å². The van der Waals surface area contributed by atoms with Crippen LogP contribution in [-0.2, 0) is 6.54 Å².